The second kappa shape index (κ2) is 14.2. The lowest BCUT2D eigenvalue weighted by Crippen LogP contribution is -1.96. The van der Waals surface area contributed by atoms with Crippen LogP contribution in [-0.4, -0.2) is 15.0 Å². The average molecular weight is 800 g/mol. The predicted molar refractivity (Wildman–Crippen MR) is 256 cm³/mol. The molecule has 0 radical (unpaired) electrons. The summed E-state index contributed by atoms with van der Waals surface area (Å²) in [6.45, 7) is 0. The van der Waals surface area contributed by atoms with Gasteiger partial charge in [0.1, 0.15) is 0 Å². The molecule has 12 rings (SSSR count). The molecule has 0 saturated heterocycles. The van der Waals surface area contributed by atoms with E-state index in [9.17, 15) is 0 Å². The molecule has 0 aliphatic rings. The van der Waals surface area contributed by atoms with E-state index >= 15 is 0 Å². The molecule has 0 fully saturated rings. The Bertz CT molecular complexity index is 3590. The molecule has 4 heterocycles. The zero-order valence-corrected chi connectivity index (χ0v) is 33.8. The van der Waals surface area contributed by atoms with Crippen molar-refractivity contribution >= 4 is 73.9 Å². The van der Waals surface area contributed by atoms with E-state index < -0.39 is 0 Å². The van der Waals surface area contributed by atoms with Crippen molar-refractivity contribution in [2.24, 2.45) is 0 Å². The molecule has 8 aromatic carbocycles. The Hall–Kier alpha value is -7.31. The fourth-order valence-corrected chi connectivity index (χ4v) is 11.0. The predicted octanol–water partition coefficient (Wildman–Crippen LogP) is 15.8. The molecule has 0 spiro atoms. The highest BCUT2D eigenvalue weighted by Gasteiger charge is 2.19. The Morgan fingerprint density at radius 2 is 0.883 bits per heavy atom. The van der Waals surface area contributed by atoms with E-state index in [0.717, 1.165) is 44.9 Å². The first kappa shape index (κ1) is 34.7. The molecule has 0 aliphatic heterocycles. The molecule has 0 bridgehead atoms. The number of pyridine rings is 1. The van der Waals surface area contributed by atoms with Gasteiger partial charge in [-0.2, -0.15) is 0 Å². The molecule has 0 saturated carbocycles. The van der Waals surface area contributed by atoms with Crippen LogP contribution in [0.25, 0.3) is 119 Å². The third-order valence-corrected chi connectivity index (χ3v) is 13.9. The summed E-state index contributed by atoms with van der Waals surface area (Å²) in [4.78, 5) is 15.9. The van der Waals surface area contributed by atoms with Gasteiger partial charge in [0.15, 0.2) is 5.82 Å². The van der Waals surface area contributed by atoms with E-state index in [0.29, 0.717) is 5.82 Å². The van der Waals surface area contributed by atoms with Gasteiger partial charge in [0.25, 0.3) is 0 Å². The second-order valence-corrected chi connectivity index (χ2v) is 17.2. The molecule has 0 amide bonds. The zero-order chi connectivity index (χ0) is 39.6. The first-order valence-electron chi connectivity index (χ1n) is 20.1. The Kier molecular flexibility index (Phi) is 8.22. The number of nitrogens with zero attached hydrogens (tertiary/aromatic N) is 3. The third kappa shape index (κ3) is 5.90. The number of hydrogen-bond acceptors (Lipinski definition) is 5. The first-order chi connectivity index (χ1) is 29.7. The summed E-state index contributed by atoms with van der Waals surface area (Å²) in [5.41, 5.74) is 12.5. The number of aromatic nitrogens is 3. The number of hydrogen-bond donors (Lipinski definition) is 0. The van der Waals surface area contributed by atoms with Crippen LogP contribution in [-0.2, 0) is 0 Å². The van der Waals surface area contributed by atoms with Crippen molar-refractivity contribution in [1.82, 2.24) is 15.0 Å². The summed E-state index contributed by atoms with van der Waals surface area (Å²) >= 11 is 3.68. The number of rotatable bonds is 6. The van der Waals surface area contributed by atoms with Crippen LogP contribution in [0.15, 0.2) is 200 Å². The quantitative estimate of drug-likeness (QED) is 0.168. The summed E-state index contributed by atoms with van der Waals surface area (Å²) in [5, 5.41) is 6.28. The van der Waals surface area contributed by atoms with Crippen molar-refractivity contribution in [3.63, 3.8) is 0 Å². The average Bonchev–Trinajstić information content (AvgIpc) is 3.91. The van der Waals surface area contributed by atoms with E-state index in [1.807, 2.05) is 46.9 Å². The molecule has 5 heteroatoms. The molecule has 12 aromatic rings. The highest BCUT2D eigenvalue weighted by Crippen LogP contribution is 2.45. The van der Waals surface area contributed by atoms with Gasteiger partial charge in [-0.25, -0.2) is 15.0 Å². The van der Waals surface area contributed by atoms with Crippen LogP contribution in [0.2, 0.25) is 0 Å². The van der Waals surface area contributed by atoms with E-state index in [1.165, 1.54) is 68.0 Å². The molecule has 280 valence electrons. The second-order valence-electron chi connectivity index (χ2n) is 15.1. The van der Waals surface area contributed by atoms with Crippen molar-refractivity contribution in [3.05, 3.63) is 200 Å². The molecule has 0 aliphatic carbocycles. The largest absolute Gasteiger partial charge is 0.246 e. The SMILES string of the molecule is c1ccc(-c2ccc(-c3cc(-c4cccc(-c5nc6cc(-c7cccc8c7sc7ccccc78)ccc6c6c5sc5ccccc56)c4)nc(-c4ccccc4)n3)cc2)cc1. The molecule has 60 heavy (non-hydrogen) atoms. The minimum atomic E-state index is 0.692. The summed E-state index contributed by atoms with van der Waals surface area (Å²) in [6, 6.07) is 71.2. The zero-order valence-electron chi connectivity index (χ0n) is 32.2. The van der Waals surface area contributed by atoms with Crippen molar-refractivity contribution in [2.75, 3.05) is 0 Å². The Morgan fingerprint density at radius 1 is 0.317 bits per heavy atom. The van der Waals surface area contributed by atoms with Gasteiger partial charge in [0, 0.05) is 63.3 Å². The lowest BCUT2D eigenvalue weighted by molar-refractivity contribution is 1.18. The standard InChI is InChI=1S/C55H33N3S2/c1-3-13-34(14-4-1)35-25-27-36(28-26-35)46-33-47(58-55(57-46)37-15-5-2-6-16-37)39-17-11-18-40(31-39)52-54-51(45-20-8-10-24-50(45)60-54)44-30-29-38(32-48(44)56-52)41-21-12-22-43-42-19-7-9-23-49(42)59-53(41)43/h1-33H. The van der Waals surface area contributed by atoms with Crippen LogP contribution >= 0.6 is 22.7 Å². The summed E-state index contributed by atoms with van der Waals surface area (Å²) in [7, 11) is 0. The van der Waals surface area contributed by atoms with Crippen LogP contribution in [0, 0.1) is 0 Å². The third-order valence-electron chi connectivity index (χ3n) is 11.5. The van der Waals surface area contributed by atoms with Crippen LogP contribution in [0.4, 0.5) is 0 Å². The summed E-state index contributed by atoms with van der Waals surface area (Å²) in [6.07, 6.45) is 0. The Balaban J connectivity index is 1.02. The van der Waals surface area contributed by atoms with Crippen LogP contribution in [0.3, 0.4) is 0 Å². The van der Waals surface area contributed by atoms with Gasteiger partial charge >= 0.3 is 0 Å². The molecule has 0 unspecified atom stereocenters. The van der Waals surface area contributed by atoms with Gasteiger partial charge in [-0.1, -0.05) is 170 Å². The van der Waals surface area contributed by atoms with Crippen LogP contribution in [0.1, 0.15) is 0 Å². The van der Waals surface area contributed by atoms with Gasteiger partial charge in [-0.15, -0.1) is 22.7 Å². The van der Waals surface area contributed by atoms with Gasteiger partial charge in [0.05, 0.1) is 27.3 Å². The molecule has 0 N–H and O–H groups in total. The van der Waals surface area contributed by atoms with Crippen LogP contribution < -0.4 is 0 Å². The fraction of sp³-hybridized carbons (Fsp3) is 0. The lowest BCUT2D eigenvalue weighted by Gasteiger charge is -2.12. The van der Waals surface area contributed by atoms with Crippen molar-refractivity contribution < 1.29 is 0 Å². The van der Waals surface area contributed by atoms with E-state index in [1.54, 1.807) is 0 Å². The maximum absolute atomic E-state index is 5.56. The van der Waals surface area contributed by atoms with Crippen molar-refractivity contribution in [3.8, 4) is 67.4 Å². The summed E-state index contributed by atoms with van der Waals surface area (Å²) in [5.74, 6) is 0.692. The van der Waals surface area contributed by atoms with Gasteiger partial charge in [0.2, 0.25) is 0 Å². The Morgan fingerprint density at radius 3 is 1.68 bits per heavy atom. The summed E-state index contributed by atoms with van der Waals surface area (Å²) < 4.78 is 5.05. The normalized spacial score (nSPS) is 11.7. The highest BCUT2D eigenvalue weighted by atomic mass is 32.1. The monoisotopic (exact) mass is 799 g/mol. The van der Waals surface area contributed by atoms with Crippen molar-refractivity contribution in [2.45, 2.75) is 0 Å². The maximum Gasteiger partial charge on any atom is 0.160 e. The number of thiophene rings is 2. The van der Waals surface area contributed by atoms with Crippen LogP contribution in [0.5, 0.6) is 0 Å². The maximum atomic E-state index is 5.56. The molecule has 3 nitrogen and oxygen atoms in total. The minimum Gasteiger partial charge on any atom is -0.246 e. The topological polar surface area (TPSA) is 38.7 Å². The first-order valence-corrected chi connectivity index (χ1v) is 21.7. The molecular weight excluding hydrogens is 767 g/mol. The van der Waals surface area contributed by atoms with Crippen molar-refractivity contribution in [1.29, 1.82) is 0 Å². The van der Waals surface area contributed by atoms with E-state index in [4.69, 9.17) is 15.0 Å². The molecular formula is C55H33N3S2. The number of benzene rings is 8. The highest BCUT2D eigenvalue weighted by molar-refractivity contribution is 7.26. The van der Waals surface area contributed by atoms with Gasteiger partial charge in [-0.05, 0) is 52.6 Å². The van der Waals surface area contributed by atoms with E-state index in [-0.39, 0.29) is 0 Å². The minimum absolute atomic E-state index is 0.692. The lowest BCUT2D eigenvalue weighted by atomic mass is 9.97. The smallest absolute Gasteiger partial charge is 0.160 e. The molecule has 4 aromatic heterocycles. The molecule has 0 atom stereocenters. The Labute approximate surface area is 354 Å². The van der Waals surface area contributed by atoms with E-state index in [2.05, 4.69) is 176 Å². The van der Waals surface area contributed by atoms with Gasteiger partial charge < -0.3 is 0 Å². The number of fused-ring (bicyclic) bond motifs is 8. The fourth-order valence-electron chi connectivity index (χ4n) is 8.57. The van der Waals surface area contributed by atoms with Gasteiger partial charge in [-0.3, -0.25) is 0 Å².